The van der Waals surface area contributed by atoms with E-state index in [1.54, 1.807) is 0 Å². The Bertz CT molecular complexity index is 256. The largest absolute Gasteiger partial charge is 0.324 e. The van der Waals surface area contributed by atoms with Crippen LogP contribution in [0.25, 0.3) is 0 Å². The molecule has 60 valence electrons. The lowest BCUT2D eigenvalue weighted by Gasteiger charge is -2.06. The van der Waals surface area contributed by atoms with Crippen LogP contribution in [0, 0.1) is 6.92 Å². The third-order valence-electron chi connectivity index (χ3n) is 1.72. The lowest BCUT2D eigenvalue weighted by atomic mass is 10.1. The van der Waals surface area contributed by atoms with Gasteiger partial charge in [0.05, 0.1) is 0 Å². The summed E-state index contributed by atoms with van der Waals surface area (Å²) < 4.78 is 1.13. The van der Waals surface area contributed by atoms with Gasteiger partial charge in [0.1, 0.15) is 0 Å². The molecule has 1 aromatic carbocycles. The van der Waals surface area contributed by atoms with Gasteiger partial charge in [0.15, 0.2) is 0 Å². The maximum atomic E-state index is 5.71. The monoisotopic (exact) mass is 213 g/mol. The smallest absolute Gasteiger partial charge is 0.0266 e. The van der Waals surface area contributed by atoms with Gasteiger partial charge in [-0.15, -0.1) is 0 Å². The van der Waals surface area contributed by atoms with Crippen molar-refractivity contribution in [1.29, 1.82) is 0 Å². The van der Waals surface area contributed by atoms with Gasteiger partial charge in [0, 0.05) is 10.5 Å². The Morgan fingerprint density at radius 3 is 2.55 bits per heavy atom. The molecule has 0 heterocycles. The zero-order valence-corrected chi connectivity index (χ0v) is 8.35. The average molecular weight is 214 g/mol. The van der Waals surface area contributed by atoms with E-state index in [4.69, 9.17) is 5.73 Å². The third kappa shape index (κ3) is 2.04. The number of rotatable bonds is 1. The maximum absolute atomic E-state index is 5.71. The average Bonchev–Trinajstić information content (AvgIpc) is 1.94. The molecule has 1 nitrogen and oxygen atoms in total. The quantitative estimate of drug-likeness (QED) is 0.764. The minimum atomic E-state index is 0.117. The topological polar surface area (TPSA) is 26.0 Å². The summed E-state index contributed by atoms with van der Waals surface area (Å²) in [5, 5.41) is 0. The molecule has 0 saturated carbocycles. The fourth-order valence-corrected chi connectivity index (χ4v) is 1.29. The summed E-state index contributed by atoms with van der Waals surface area (Å²) in [6, 6.07) is 6.32. The van der Waals surface area contributed by atoms with Crippen molar-refractivity contribution in [2.45, 2.75) is 19.9 Å². The second-order valence-electron chi connectivity index (χ2n) is 2.80. The van der Waals surface area contributed by atoms with Crippen molar-refractivity contribution >= 4 is 15.9 Å². The van der Waals surface area contributed by atoms with Gasteiger partial charge >= 0.3 is 0 Å². The predicted octanol–water partition coefficient (Wildman–Crippen LogP) is 2.78. The highest BCUT2D eigenvalue weighted by molar-refractivity contribution is 9.10. The van der Waals surface area contributed by atoms with Crippen LogP contribution in [0.5, 0.6) is 0 Å². The summed E-state index contributed by atoms with van der Waals surface area (Å²) in [6.45, 7) is 4.05. The van der Waals surface area contributed by atoms with Crippen LogP contribution < -0.4 is 5.73 Å². The van der Waals surface area contributed by atoms with Gasteiger partial charge in [-0.1, -0.05) is 28.1 Å². The number of halogens is 1. The molecule has 1 aromatic rings. The first kappa shape index (κ1) is 8.75. The predicted molar refractivity (Wildman–Crippen MR) is 51.5 cm³/mol. The van der Waals surface area contributed by atoms with Crippen LogP contribution in [0.1, 0.15) is 24.1 Å². The molecule has 0 aromatic heterocycles. The highest BCUT2D eigenvalue weighted by Crippen LogP contribution is 2.20. The molecule has 0 amide bonds. The normalized spacial score (nSPS) is 13.1. The van der Waals surface area contributed by atoms with Crippen LogP contribution in [0.3, 0.4) is 0 Å². The second kappa shape index (κ2) is 3.37. The number of hydrogen-bond donors (Lipinski definition) is 1. The summed E-state index contributed by atoms with van der Waals surface area (Å²) in [7, 11) is 0. The van der Waals surface area contributed by atoms with Crippen molar-refractivity contribution in [3.63, 3.8) is 0 Å². The van der Waals surface area contributed by atoms with Gasteiger partial charge in [0.2, 0.25) is 0 Å². The van der Waals surface area contributed by atoms with Crippen molar-refractivity contribution in [1.82, 2.24) is 0 Å². The van der Waals surface area contributed by atoms with E-state index in [1.807, 2.05) is 6.92 Å². The van der Waals surface area contributed by atoms with Crippen molar-refractivity contribution in [2.75, 3.05) is 0 Å². The molecule has 0 aliphatic carbocycles. The standard InChI is InChI=1S/C9H12BrN/c1-6-3-4-8(7(2)11)5-9(6)10/h3-5,7H,11H2,1-2H3/t7-/m0/s1. The molecule has 1 atom stereocenters. The minimum Gasteiger partial charge on any atom is -0.324 e. The Morgan fingerprint density at radius 1 is 1.45 bits per heavy atom. The van der Waals surface area contributed by atoms with Crippen LogP contribution in [0.2, 0.25) is 0 Å². The van der Waals surface area contributed by atoms with Crippen LogP contribution in [0.4, 0.5) is 0 Å². The van der Waals surface area contributed by atoms with Gasteiger partial charge in [-0.3, -0.25) is 0 Å². The van der Waals surface area contributed by atoms with E-state index < -0.39 is 0 Å². The van der Waals surface area contributed by atoms with Crippen molar-refractivity contribution in [3.05, 3.63) is 33.8 Å². The Kier molecular flexibility index (Phi) is 2.68. The number of benzene rings is 1. The van der Waals surface area contributed by atoms with Crippen molar-refractivity contribution in [3.8, 4) is 0 Å². The third-order valence-corrected chi connectivity index (χ3v) is 2.58. The lowest BCUT2D eigenvalue weighted by Crippen LogP contribution is -2.04. The van der Waals surface area contributed by atoms with E-state index in [2.05, 4.69) is 41.1 Å². The number of nitrogens with two attached hydrogens (primary N) is 1. The Hall–Kier alpha value is -0.340. The first-order valence-corrected chi connectivity index (χ1v) is 4.42. The lowest BCUT2D eigenvalue weighted by molar-refractivity contribution is 0.817. The molecule has 0 bridgehead atoms. The van der Waals surface area contributed by atoms with Gasteiger partial charge in [-0.05, 0) is 31.0 Å². The van der Waals surface area contributed by atoms with Gasteiger partial charge in [-0.2, -0.15) is 0 Å². The molecule has 1 rings (SSSR count). The van der Waals surface area contributed by atoms with E-state index in [0.717, 1.165) is 4.47 Å². The molecular formula is C9H12BrN. The molecule has 0 unspecified atom stereocenters. The van der Waals surface area contributed by atoms with E-state index >= 15 is 0 Å². The molecule has 2 N–H and O–H groups in total. The highest BCUT2D eigenvalue weighted by Gasteiger charge is 2.00. The SMILES string of the molecule is Cc1ccc([C@H](C)N)cc1Br. The molecule has 0 spiro atoms. The summed E-state index contributed by atoms with van der Waals surface area (Å²) in [5.41, 5.74) is 8.13. The van der Waals surface area contributed by atoms with E-state index in [9.17, 15) is 0 Å². The van der Waals surface area contributed by atoms with Gasteiger partial charge in [0.25, 0.3) is 0 Å². The first-order chi connectivity index (χ1) is 5.11. The molecule has 0 aliphatic heterocycles. The van der Waals surface area contributed by atoms with E-state index in [0.29, 0.717) is 0 Å². The summed E-state index contributed by atoms with van der Waals surface area (Å²) >= 11 is 3.46. The molecule has 2 heteroatoms. The van der Waals surface area contributed by atoms with E-state index in [-0.39, 0.29) is 6.04 Å². The van der Waals surface area contributed by atoms with Gasteiger partial charge in [-0.25, -0.2) is 0 Å². The van der Waals surface area contributed by atoms with Crippen molar-refractivity contribution in [2.24, 2.45) is 5.73 Å². The molecule has 0 radical (unpaired) electrons. The Morgan fingerprint density at radius 2 is 2.09 bits per heavy atom. The fraction of sp³-hybridized carbons (Fsp3) is 0.333. The second-order valence-corrected chi connectivity index (χ2v) is 3.65. The zero-order valence-electron chi connectivity index (χ0n) is 6.76. The molecule has 0 fully saturated rings. The molecular weight excluding hydrogens is 202 g/mol. The van der Waals surface area contributed by atoms with Crippen LogP contribution in [0.15, 0.2) is 22.7 Å². The number of aryl methyl sites for hydroxylation is 1. The minimum absolute atomic E-state index is 0.117. The highest BCUT2D eigenvalue weighted by atomic mass is 79.9. The molecule has 11 heavy (non-hydrogen) atoms. The fourth-order valence-electron chi connectivity index (χ4n) is 0.892. The van der Waals surface area contributed by atoms with Crippen LogP contribution in [-0.2, 0) is 0 Å². The maximum Gasteiger partial charge on any atom is 0.0266 e. The number of hydrogen-bond acceptors (Lipinski definition) is 1. The Balaban J connectivity index is 3.05. The molecule has 0 aliphatic rings. The van der Waals surface area contributed by atoms with E-state index in [1.165, 1.54) is 11.1 Å². The zero-order chi connectivity index (χ0) is 8.43. The van der Waals surface area contributed by atoms with Crippen LogP contribution in [-0.4, -0.2) is 0 Å². The summed E-state index contributed by atoms with van der Waals surface area (Å²) in [4.78, 5) is 0. The summed E-state index contributed by atoms with van der Waals surface area (Å²) in [6.07, 6.45) is 0. The first-order valence-electron chi connectivity index (χ1n) is 3.63. The molecule has 0 saturated heterocycles. The van der Waals surface area contributed by atoms with Crippen LogP contribution >= 0.6 is 15.9 Å². The summed E-state index contributed by atoms with van der Waals surface area (Å²) in [5.74, 6) is 0. The van der Waals surface area contributed by atoms with Gasteiger partial charge < -0.3 is 5.73 Å². The Labute approximate surface area is 75.7 Å². The van der Waals surface area contributed by atoms with Crippen molar-refractivity contribution < 1.29 is 0 Å².